The number of anilines is 1. The van der Waals surface area contributed by atoms with Crippen molar-refractivity contribution in [3.05, 3.63) is 70.4 Å². The molecule has 7 nitrogen and oxygen atoms in total. The molecule has 0 radical (unpaired) electrons. The molecule has 0 aliphatic carbocycles. The Morgan fingerprint density at radius 1 is 0.968 bits per heavy atom. The molecule has 2 N–H and O–H groups in total. The van der Waals surface area contributed by atoms with Gasteiger partial charge in [0.2, 0.25) is 0 Å². The molecule has 0 atom stereocenters. The number of amides is 1. The molecule has 0 saturated heterocycles. The number of fused-ring (bicyclic) bond motifs is 1. The number of benzene rings is 3. The minimum Gasteiger partial charge on any atom is -0.461 e. The quantitative estimate of drug-likeness (QED) is 0.159. The maximum atomic E-state index is 12.9. The smallest absolute Gasteiger partial charge is 0.338 e. The third-order valence-electron chi connectivity index (χ3n) is 4.20. The summed E-state index contributed by atoms with van der Waals surface area (Å²) >= 11 is 6.48. The van der Waals surface area contributed by atoms with Crippen LogP contribution in [0.5, 0.6) is 0 Å². The van der Waals surface area contributed by atoms with Crippen molar-refractivity contribution in [3.8, 4) is 0 Å². The largest absolute Gasteiger partial charge is 0.461 e. The number of rotatable bonds is 6. The van der Waals surface area contributed by atoms with Crippen molar-refractivity contribution >= 4 is 106 Å². The number of ether oxygens (including phenoxy) is 1. The SMILES string of the molecule is O=C(Nc1ccc(C(=O)OCCS(=O)(=O)O)c2ccccc12)c1cc(I)cc(I)c1I. The highest BCUT2D eigenvalue weighted by Crippen LogP contribution is 2.29. The van der Waals surface area contributed by atoms with E-state index in [0.717, 1.165) is 10.7 Å². The molecule has 1 amide bonds. The molecule has 3 rings (SSSR count). The zero-order valence-electron chi connectivity index (χ0n) is 15.6. The molecule has 0 aliphatic heterocycles. The van der Waals surface area contributed by atoms with E-state index in [1.807, 2.05) is 12.1 Å². The van der Waals surface area contributed by atoms with Crippen molar-refractivity contribution in [2.45, 2.75) is 0 Å². The Balaban J connectivity index is 1.91. The van der Waals surface area contributed by atoms with E-state index in [9.17, 15) is 18.0 Å². The zero-order valence-corrected chi connectivity index (χ0v) is 22.9. The minimum atomic E-state index is -4.23. The number of esters is 1. The van der Waals surface area contributed by atoms with Gasteiger partial charge in [-0.2, -0.15) is 8.42 Å². The van der Waals surface area contributed by atoms with E-state index in [4.69, 9.17) is 9.29 Å². The van der Waals surface area contributed by atoms with Gasteiger partial charge in [-0.25, -0.2) is 4.79 Å². The van der Waals surface area contributed by atoms with Gasteiger partial charge in [-0.15, -0.1) is 0 Å². The van der Waals surface area contributed by atoms with Crippen LogP contribution in [0.15, 0.2) is 48.5 Å². The summed E-state index contributed by atoms with van der Waals surface area (Å²) < 4.78 is 38.2. The first-order valence-electron chi connectivity index (χ1n) is 8.67. The number of carbonyl (C=O) groups excluding carboxylic acids is 2. The molecule has 162 valence electrons. The van der Waals surface area contributed by atoms with Gasteiger partial charge in [0.15, 0.2) is 0 Å². The van der Waals surface area contributed by atoms with Crippen molar-refractivity contribution in [2.75, 3.05) is 17.7 Å². The lowest BCUT2D eigenvalue weighted by molar-refractivity contribution is 0.0530. The number of nitrogens with one attached hydrogen (secondary N) is 1. The van der Waals surface area contributed by atoms with E-state index in [-0.39, 0.29) is 11.5 Å². The lowest BCUT2D eigenvalue weighted by Crippen LogP contribution is -2.16. The van der Waals surface area contributed by atoms with Crippen LogP contribution in [0.4, 0.5) is 5.69 Å². The average molecular weight is 777 g/mol. The Morgan fingerprint density at radius 3 is 2.32 bits per heavy atom. The van der Waals surface area contributed by atoms with Crippen molar-refractivity contribution < 1.29 is 27.3 Å². The molecule has 11 heteroatoms. The highest BCUT2D eigenvalue weighted by Gasteiger charge is 2.18. The fourth-order valence-corrected chi connectivity index (χ4v) is 5.51. The fraction of sp³-hybridized carbons (Fsp3) is 0.100. The van der Waals surface area contributed by atoms with Crippen LogP contribution >= 0.6 is 67.8 Å². The van der Waals surface area contributed by atoms with Crippen LogP contribution in [0.1, 0.15) is 20.7 Å². The Labute approximate surface area is 219 Å². The molecule has 0 heterocycles. The van der Waals surface area contributed by atoms with Gasteiger partial charge in [-0.3, -0.25) is 9.35 Å². The van der Waals surface area contributed by atoms with Crippen LogP contribution in [0.25, 0.3) is 10.8 Å². The summed E-state index contributed by atoms with van der Waals surface area (Å²) in [7, 11) is -4.23. The Morgan fingerprint density at radius 2 is 1.65 bits per heavy atom. The van der Waals surface area contributed by atoms with E-state index in [1.54, 1.807) is 30.3 Å². The predicted molar refractivity (Wildman–Crippen MR) is 143 cm³/mol. The van der Waals surface area contributed by atoms with Gasteiger partial charge < -0.3 is 10.1 Å². The molecule has 31 heavy (non-hydrogen) atoms. The third kappa shape index (κ3) is 6.27. The van der Waals surface area contributed by atoms with Gasteiger partial charge in [0.05, 0.1) is 11.1 Å². The molecular formula is C20H14I3NO6S. The molecule has 0 aromatic heterocycles. The summed E-state index contributed by atoms with van der Waals surface area (Å²) in [4.78, 5) is 25.4. The number of halogens is 3. The van der Waals surface area contributed by atoms with E-state index >= 15 is 0 Å². The summed E-state index contributed by atoms with van der Waals surface area (Å²) in [6.45, 7) is -0.464. The predicted octanol–water partition coefficient (Wildman–Crippen LogP) is 4.95. The maximum Gasteiger partial charge on any atom is 0.338 e. The summed E-state index contributed by atoms with van der Waals surface area (Å²) in [5.41, 5.74) is 1.30. The number of hydrogen-bond donors (Lipinski definition) is 2. The van der Waals surface area contributed by atoms with Crippen molar-refractivity contribution in [1.82, 2.24) is 0 Å². The van der Waals surface area contributed by atoms with Gasteiger partial charge in [0.1, 0.15) is 12.4 Å². The van der Waals surface area contributed by atoms with Crippen LogP contribution in [0.2, 0.25) is 0 Å². The van der Waals surface area contributed by atoms with E-state index in [1.165, 1.54) is 6.07 Å². The molecule has 0 fully saturated rings. The van der Waals surface area contributed by atoms with Crippen molar-refractivity contribution in [1.29, 1.82) is 0 Å². The molecule has 0 unspecified atom stereocenters. The van der Waals surface area contributed by atoms with Gasteiger partial charge in [-0.1, -0.05) is 24.3 Å². The molecule has 0 bridgehead atoms. The lowest BCUT2D eigenvalue weighted by Gasteiger charge is -2.13. The maximum absolute atomic E-state index is 12.9. The zero-order chi connectivity index (χ0) is 22.8. The summed E-state index contributed by atoms with van der Waals surface area (Å²) in [5.74, 6) is -1.67. The van der Waals surface area contributed by atoms with E-state index in [0.29, 0.717) is 22.0 Å². The first kappa shape index (κ1) is 24.6. The standard InChI is InChI=1S/C20H14I3NO6S/c21-11-9-15(18(23)16(22)10-11)19(25)24-17-6-5-14(12-3-1-2-4-13(12)17)20(26)30-7-8-31(27,28)29/h1-6,9-10H,7-8H2,(H,24,25)(H,27,28,29). The van der Waals surface area contributed by atoms with Crippen molar-refractivity contribution in [2.24, 2.45) is 0 Å². The molecule has 0 saturated carbocycles. The molecule has 0 spiro atoms. The molecule has 3 aromatic carbocycles. The third-order valence-corrected chi connectivity index (χ3v) is 8.55. The first-order valence-corrected chi connectivity index (χ1v) is 13.5. The monoisotopic (exact) mass is 777 g/mol. The van der Waals surface area contributed by atoms with E-state index < -0.39 is 28.4 Å². The second kappa shape index (κ2) is 10.3. The molecule has 0 aliphatic rings. The highest BCUT2D eigenvalue weighted by molar-refractivity contribution is 14.1. The van der Waals surface area contributed by atoms with Crippen LogP contribution in [-0.4, -0.2) is 37.2 Å². The van der Waals surface area contributed by atoms with Gasteiger partial charge in [0.25, 0.3) is 16.0 Å². The average Bonchev–Trinajstić information content (AvgIpc) is 2.69. The normalized spacial score (nSPS) is 11.4. The Kier molecular flexibility index (Phi) is 8.15. The molecule has 3 aromatic rings. The fourth-order valence-electron chi connectivity index (χ4n) is 2.81. The second-order valence-electron chi connectivity index (χ2n) is 6.33. The van der Waals surface area contributed by atoms with Crippen LogP contribution < -0.4 is 5.32 Å². The van der Waals surface area contributed by atoms with Gasteiger partial charge in [-0.05, 0) is 97.4 Å². The Bertz CT molecular complexity index is 1290. The van der Waals surface area contributed by atoms with Crippen molar-refractivity contribution in [3.63, 3.8) is 0 Å². The summed E-state index contributed by atoms with van der Waals surface area (Å²) in [6, 6.07) is 13.9. The topological polar surface area (TPSA) is 110 Å². The van der Waals surface area contributed by atoms with Gasteiger partial charge in [0, 0.05) is 21.8 Å². The van der Waals surface area contributed by atoms with E-state index in [2.05, 4.69) is 73.1 Å². The van der Waals surface area contributed by atoms with Gasteiger partial charge >= 0.3 is 5.97 Å². The lowest BCUT2D eigenvalue weighted by atomic mass is 10.0. The number of hydrogen-bond acceptors (Lipinski definition) is 5. The second-order valence-corrected chi connectivity index (χ2v) is 11.4. The van der Waals surface area contributed by atoms with Crippen LogP contribution in [0, 0.1) is 10.7 Å². The van der Waals surface area contributed by atoms with Crippen LogP contribution in [0.3, 0.4) is 0 Å². The highest BCUT2D eigenvalue weighted by atomic mass is 127. The number of carbonyl (C=O) groups is 2. The molecular weight excluding hydrogens is 763 g/mol. The summed E-state index contributed by atoms with van der Waals surface area (Å²) in [5, 5.41) is 4.09. The Hall–Kier alpha value is -1.04. The van der Waals surface area contributed by atoms with Crippen LogP contribution in [-0.2, 0) is 14.9 Å². The minimum absolute atomic E-state index is 0.224. The first-order chi connectivity index (χ1) is 14.6. The summed E-state index contributed by atoms with van der Waals surface area (Å²) in [6.07, 6.45) is 0.